The highest BCUT2D eigenvalue weighted by Crippen LogP contribution is 2.26. The Kier molecular flexibility index (Phi) is 6.23. The van der Waals surface area contributed by atoms with Crippen molar-refractivity contribution in [3.8, 4) is 5.75 Å². The Hall–Kier alpha value is -2.92. The summed E-state index contributed by atoms with van der Waals surface area (Å²) in [5, 5.41) is 2.20. The van der Waals surface area contributed by atoms with Gasteiger partial charge in [0.05, 0.1) is 36.5 Å². The highest BCUT2D eigenvalue weighted by Gasteiger charge is 2.27. The predicted molar refractivity (Wildman–Crippen MR) is 110 cm³/mol. The number of carbonyl (C=O) groups excluding carboxylic acids is 2. The Labute approximate surface area is 180 Å². The number of urea groups is 1. The van der Waals surface area contributed by atoms with Gasteiger partial charge in [-0.15, -0.1) is 0 Å². The molecule has 3 amide bonds. The summed E-state index contributed by atoms with van der Waals surface area (Å²) in [6.07, 6.45) is 6.28. The van der Waals surface area contributed by atoms with Crippen LogP contribution >= 0.6 is 0 Å². The molecule has 2 fully saturated rings. The van der Waals surface area contributed by atoms with Crippen molar-refractivity contribution in [1.29, 1.82) is 0 Å². The lowest BCUT2D eigenvalue weighted by Crippen LogP contribution is -2.28. The van der Waals surface area contributed by atoms with Crippen molar-refractivity contribution >= 4 is 22.0 Å². The van der Waals surface area contributed by atoms with Gasteiger partial charge in [0.15, 0.2) is 0 Å². The average Bonchev–Trinajstić information content (AvgIpc) is 3.48. The standard InChI is InChI=1S/C20H25N5O5S/c26-19-12-25(20(27)24-19)11-15-9-21-18(23-15)10-22-31(28,29)17-7-3-6-16(8-17)30-13-14-4-1-2-5-14/h3,6-9,14,22H,1-2,4-5,10-13H2,(H,21,23)(H,24,26,27). The lowest BCUT2D eigenvalue weighted by molar-refractivity contribution is -0.118. The molecule has 1 aromatic heterocycles. The van der Waals surface area contributed by atoms with Crippen molar-refractivity contribution in [1.82, 2.24) is 24.9 Å². The number of aromatic nitrogens is 2. The number of nitrogens with zero attached hydrogens (tertiary/aromatic N) is 2. The van der Waals surface area contributed by atoms with E-state index in [2.05, 4.69) is 20.0 Å². The first kappa shape index (κ1) is 21.3. The van der Waals surface area contributed by atoms with Gasteiger partial charge in [0.1, 0.15) is 18.1 Å². The number of imidazole rings is 1. The Morgan fingerprint density at radius 1 is 1.23 bits per heavy atom. The van der Waals surface area contributed by atoms with Crippen LogP contribution in [0.2, 0.25) is 0 Å². The first-order valence-corrected chi connectivity index (χ1v) is 11.7. The van der Waals surface area contributed by atoms with Crippen LogP contribution in [0.1, 0.15) is 37.2 Å². The van der Waals surface area contributed by atoms with E-state index in [-0.39, 0.29) is 30.4 Å². The van der Waals surface area contributed by atoms with Crippen LogP contribution in [0.15, 0.2) is 35.4 Å². The lowest BCUT2D eigenvalue weighted by atomic mass is 10.1. The highest BCUT2D eigenvalue weighted by atomic mass is 32.2. The Morgan fingerprint density at radius 2 is 2.03 bits per heavy atom. The van der Waals surface area contributed by atoms with Gasteiger partial charge < -0.3 is 14.6 Å². The van der Waals surface area contributed by atoms with Crippen molar-refractivity contribution in [3.05, 3.63) is 42.0 Å². The molecule has 166 valence electrons. The summed E-state index contributed by atoms with van der Waals surface area (Å²) in [5.74, 6) is 1.12. The van der Waals surface area contributed by atoms with Gasteiger partial charge in [0.2, 0.25) is 15.9 Å². The van der Waals surface area contributed by atoms with Gasteiger partial charge in [-0.2, -0.15) is 0 Å². The molecule has 0 bridgehead atoms. The number of hydrogen-bond donors (Lipinski definition) is 3. The maximum absolute atomic E-state index is 12.7. The monoisotopic (exact) mass is 447 g/mol. The van der Waals surface area contributed by atoms with Crippen molar-refractivity contribution in [3.63, 3.8) is 0 Å². The smallest absolute Gasteiger partial charge is 0.324 e. The van der Waals surface area contributed by atoms with Crippen molar-refractivity contribution in [2.24, 2.45) is 5.92 Å². The predicted octanol–water partition coefficient (Wildman–Crippen LogP) is 1.51. The molecule has 1 aliphatic carbocycles. The van der Waals surface area contributed by atoms with E-state index in [1.807, 2.05) is 0 Å². The minimum Gasteiger partial charge on any atom is -0.493 e. The van der Waals surface area contributed by atoms with Gasteiger partial charge in [-0.1, -0.05) is 18.9 Å². The number of H-pyrrole nitrogens is 1. The summed E-state index contributed by atoms with van der Waals surface area (Å²) in [7, 11) is -3.76. The molecule has 1 aromatic carbocycles. The normalized spacial score (nSPS) is 17.4. The number of ether oxygens (including phenoxy) is 1. The number of nitrogens with one attached hydrogen (secondary N) is 3. The summed E-state index contributed by atoms with van der Waals surface area (Å²) < 4.78 is 33.7. The number of benzene rings is 1. The van der Waals surface area contributed by atoms with Gasteiger partial charge >= 0.3 is 6.03 Å². The fourth-order valence-corrected chi connectivity index (χ4v) is 4.78. The van der Waals surface area contributed by atoms with E-state index in [0.717, 1.165) is 12.8 Å². The molecule has 2 aliphatic rings. The van der Waals surface area contributed by atoms with Crippen LogP contribution in [-0.4, -0.2) is 48.4 Å². The Balaban J connectivity index is 1.33. The molecule has 4 rings (SSSR count). The highest BCUT2D eigenvalue weighted by molar-refractivity contribution is 7.89. The zero-order valence-corrected chi connectivity index (χ0v) is 17.8. The van der Waals surface area contributed by atoms with Crippen LogP contribution in [0.3, 0.4) is 0 Å². The molecule has 0 spiro atoms. The van der Waals surface area contributed by atoms with E-state index in [0.29, 0.717) is 29.8 Å². The molecule has 1 aliphatic heterocycles. The van der Waals surface area contributed by atoms with Crippen LogP contribution in [0, 0.1) is 5.92 Å². The van der Waals surface area contributed by atoms with E-state index in [1.54, 1.807) is 12.1 Å². The lowest BCUT2D eigenvalue weighted by Gasteiger charge is -2.12. The second kappa shape index (κ2) is 9.06. The molecule has 2 heterocycles. The molecule has 2 aromatic rings. The zero-order valence-electron chi connectivity index (χ0n) is 17.0. The van der Waals surface area contributed by atoms with Crippen LogP contribution in [0.25, 0.3) is 0 Å². The molecule has 0 unspecified atom stereocenters. The molecule has 31 heavy (non-hydrogen) atoms. The van der Waals surface area contributed by atoms with E-state index < -0.39 is 16.1 Å². The summed E-state index contributed by atoms with van der Waals surface area (Å²) in [6.45, 7) is 0.726. The molecule has 10 nitrogen and oxygen atoms in total. The van der Waals surface area contributed by atoms with Crippen molar-refractivity contribution < 1.29 is 22.7 Å². The van der Waals surface area contributed by atoms with Gasteiger partial charge in [0, 0.05) is 6.07 Å². The Bertz CT molecular complexity index is 1060. The summed E-state index contributed by atoms with van der Waals surface area (Å²) in [6, 6.07) is 5.99. The zero-order chi connectivity index (χ0) is 21.8. The third-order valence-electron chi connectivity index (χ3n) is 5.42. The SMILES string of the molecule is O=C1CN(Cc2cnc(CNS(=O)(=O)c3cccc(OCC4CCCC4)c3)[nH]2)C(=O)N1. The van der Waals surface area contributed by atoms with Gasteiger partial charge in [-0.05, 0) is 30.9 Å². The molecule has 0 radical (unpaired) electrons. The number of hydrogen-bond acceptors (Lipinski definition) is 6. The average molecular weight is 448 g/mol. The van der Waals surface area contributed by atoms with E-state index in [1.165, 1.54) is 36.1 Å². The van der Waals surface area contributed by atoms with Crippen molar-refractivity contribution in [2.45, 2.75) is 43.7 Å². The maximum Gasteiger partial charge on any atom is 0.324 e. The largest absolute Gasteiger partial charge is 0.493 e. The van der Waals surface area contributed by atoms with Gasteiger partial charge in [-0.3, -0.25) is 10.1 Å². The van der Waals surface area contributed by atoms with E-state index in [4.69, 9.17) is 4.74 Å². The molecule has 1 saturated heterocycles. The van der Waals surface area contributed by atoms with Crippen LogP contribution < -0.4 is 14.8 Å². The van der Waals surface area contributed by atoms with Crippen LogP contribution in [-0.2, 0) is 27.9 Å². The number of aromatic amines is 1. The number of amides is 3. The number of carbonyl (C=O) groups is 2. The first-order valence-electron chi connectivity index (χ1n) is 10.2. The minimum absolute atomic E-state index is 0.0149. The van der Waals surface area contributed by atoms with Crippen LogP contribution in [0.4, 0.5) is 4.79 Å². The van der Waals surface area contributed by atoms with Crippen LogP contribution in [0.5, 0.6) is 5.75 Å². The number of imide groups is 1. The molecule has 3 N–H and O–H groups in total. The fourth-order valence-electron chi connectivity index (χ4n) is 3.76. The fraction of sp³-hybridized carbons (Fsp3) is 0.450. The van der Waals surface area contributed by atoms with Crippen molar-refractivity contribution in [2.75, 3.05) is 13.2 Å². The molecular formula is C20H25N5O5S. The maximum atomic E-state index is 12.7. The molecule has 1 saturated carbocycles. The van der Waals surface area contributed by atoms with E-state index >= 15 is 0 Å². The summed E-state index contributed by atoms with van der Waals surface area (Å²) in [4.78, 5) is 31.4. The molecule has 11 heteroatoms. The second-order valence-corrected chi connectivity index (χ2v) is 9.59. The summed E-state index contributed by atoms with van der Waals surface area (Å²) >= 11 is 0. The summed E-state index contributed by atoms with van der Waals surface area (Å²) in [5.41, 5.74) is 0.598. The molecular weight excluding hydrogens is 422 g/mol. The minimum atomic E-state index is -3.76. The quantitative estimate of drug-likeness (QED) is 0.499. The Morgan fingerprint density at radius 3 is 2.77 bits per heavy atom. The third-order valence-corrected chi connectivity index (χ3v) is 6.82. The second-order valence-electron chi connectivity index (χ2n) is 7.83. The topological polar surface area (TPSA) is 133 Å². The third kappa shape index (κ3) is 5.42. The van der Waals surface area contributed by atoms with Gasteiger partial charge in [-0.25, -0.2) is 22.9 Å². The first-order chi connectivity index (χ1) is 14.9. The number of rotatable bonds is 9. The molecule has 0 atom stereocenters. The number of sulfonamides is 1. The van der Waals surface area contributed by atoms with E-state index in [9.17, 15) is 18.0 Å². The van der Waals surface area contributed by atoms with Gasteiger partial charge in [0.25, 0.3) is 0 Å².